The van der Waals surface area contributed by atoms with E-state index in [-0.39, 0.29) is 24.8 Å². The van der Waals surface area contributed by atoms with Gasteiger partial charge in [-0.25, -0.2) is 0 Å². The minimum Gasteiger partial charge on any atom is -0.347 e. The SMILES string of the molecule is O=C(NCC(=O)N1CCC(Cc2ccccc2)CC1)[C@H]1C[C@H]1[N+](=O)[O-]. The van der Waals surface area contributed by atoms with Crippen LogP contribution in [0.3, 0.4) is 0 Å². The molecule has 1 saturated carbocycles. The molecule has 2 atom stereocenters. The van der Waals surface area contributed by atoms with Crippen molar-refractivity contribution in [1.29, 1.82) is 0 Å². The molecule has 2 fully saturated rings. The molecule has 3 rings (SSSR count). The molecule has 1 aliphatic carbocycles. The Morgan fingerprint density at radius 3 is 2.48 bits per heavy atom. The highest BCUT2D eigenvalue weighted by Gasteiger charge is 2.53. The van der Waals surface area contributed by atoms with Gasteiger partial charge in [-0.05, 0) is 30.7 Å². The van der Waals surface area contributed by atoms with Crippen LogP contribution >= 0.6 is 0 Å². The molecule has 1 N–H and O–H groups in total. The van der Waals surface area contributed by atoms with Gasteiger partial charge in [0.25, 0.3) is 0 Å². The molecule has 2 amide bonds. The average molecular weight is 345 g/mol. The van der Waals surface area contributed by atoms with E-state index in [1.807, 2.05) is 18.2 Å². The highest BCUT2D eigenvalue weighted by Crippen LogP contribution is 2.32. The van der Waals surface area contributed by atoms with Gasteiger partial charge in [0.1, 0.15) is 5.92 Å². The summed E-state index contributed by atoms with van der Waals surface area (Å²) < 4.78 is 0. The van der Waals surface area contributed by atoms with Gasteiger partial charge in [0.2, 0.25) is 17.9 Å². The number of nitro groups is 1. The maximum atomic E-state index is 12.2. The van der Waals surface area contributed by atoms with E-state index >= 15 is 0 Å². The summed E-state index contributed by atoms with van der Waals surface area (Å²) in [4.78, 5) is 35.9. The van der Waals surface area contributed by atoms with Crippen LogP contribution in [0.5, 0.6) is 0 Å². The molecule has 1 aromatic rings. The summed E-state index contributed by atoms with van der Waals surface area (Å²) in [5.41, 5.74) is 1.32. The lowest BCUT2D eigenvalue weighted by Gasteiger charge is -2.32. The van der Waals surface area contributed by atoms with Gasteiger partial charge in [-0.15, -0.1) is 0 Å². The third-order valence-corrected chi connectivity index (χ3v) is 5.11. The van der Waals surface area contributed by atoms with Crippen LogP contribution in [-0.4, -0.2) is 47.3 Å². The first-order valence-corrected chi connectivity index (χ1v) is 8.77. The highest BCUT2D eigenvalue weighted by molar-refractivity contribution is 5.87. The minimum atomic E-state index is -0.774. The number of nitrogens with zero attached hydrogens (tertiary/aromatic N) is 2. The van der Waals surface area contributed by atoms with E-state index in [2.05, 4.69) is 17.4 Å². The molecule has 0 bridgehead atoms. The Kier molecular flexibility index (Phi) is 5.31. The van der Waals surface area contributed by atoms with E-state index in [1.54, 1.807) is 4.90 Å². The molecule has 0 spiro atoms. The van der Waals surface area contributed by atoms with E-state index in [9.17, 15) is 19.7 Å². The van der Waals surface area contributed by atoms with Crippen LogP contribution in [0.15, 0.2) is 30.3 Å². The Balaban J connectivity index is 1.37. The molecule has 1 heterocycles. The van der Waals surface area contributed by atoms with Crippen molar-refractivity contribution >= 4 is 11.8 Å². The molecule has 7 heteroatoms. The van der Waals surface area contributed by atoms with Gasteiger partial charge in [-0.3, -0.25) is 19.7 Å². The molecule has 1 aromatic carbocycles. The monoisotopic (exact) mass is 345 g/mol. The number of rotatable bonds is 6. The molecular formula is C18H23N3O4. The number of carbonyl (C=O) groups is 2. The number of hydrogen-bond acceptors (Lipinski definition) is 4. The van der Waals surface area contributed by atoms with Crippen molar-refractivity contribution in [2.45, 2.75) is 31.7 Å². The zero-order valence-corrected chi connectivity index (χ0v) is 14.1. The molecule has 2 aliphatic rings. The number of hydrogen-bond donors (Lipinski definition) is 1. The van der Waals surface area contributed by atoms with E-state index < -0.39 is 16.9 Å². The topological polar surface area (TPSA) is 92.6 Å². The predicted molar refractivity (Wildman–Crippen MR) is 91.3 cm³/mol. The fraction of sp³-hybridized carbons (Fsp3) is 0.556. The average Bonchev–Trinajstić information content (AvgIpc) is 3.42. The second-order valence-electron chi connectivity index (χ2n) is 6.93. The summed E-state index contributed by atoms with van der Waals surface area (Å²) in [6.07, 6.45) is 3.22. The van der Waals surface area contributed by atoms with Gasteiger partial charge in [0.05, 0.1) is 6.54 Å². The molecule has 0 unspecified atom stereocenters. The first-order chi connectivity index (χ1) is 12.0. The largest absolute Gasteiger partial charge is 0.347 e. The lowest BCUT2D eigenvalue weighted by molar-refractivity contribution is -0.497. The van der Waals surface area contributed by atoms with Crippen molar-refractivity contribution in [2.24, 2.45) is 11.8 Å². The molecule has 7 nitrogen and oxygen atoms in total. The van der Waals surface area contributed by atoms with Gasteiger partial charge in [-0.1, -0.05) is 30.3 Å². The number of piperidine rings is 1. The van der Waals surface area contributed by atoms with Gasteiger partial charge >= 0.3 is 0 Å². The summed E-state index contributed by atoms with van der Waals surface area (Å²) in [6.45, 7) is 1.34. The number of benzene rings is 1. The van der Waals surface area contributed by atoms with E-state index in [4.69, 9.17) is 0 Å². The lowest BCUT2D eigenvalue weighted by Crippen LogP contribution is -2.44. The van der Waals surface area contributed by atoms with Crippen molar-refractivity contribution in [2.75, 3.05) is 19.6 Å². The second-order valence-corrected chi connectivity index (χ2v) is 6.93. The van der Waals surface area contributed by atoms with Crippen molar-refractivity contribution in [3.05, 3.63) is 46.0 Å². The van der Waals surface area contributed by atoms with Crippen molar-refractivity contribution < 1.29 is 14.5 Å². The Hall–Kier alpha value is -2.44. The summed E-state index contributed by atoms with van der Waals surface area (Å²) in [7, 11) is 0. The first kappa shape index (κ1) is 17.4. The molecule has 1 aliphatic heterocycles. The molecular weight excluding hydrogens is 322 g/mol. The standard InChI is InChI=1S/C18H23N3O4/c22-17(12-19-18(23)15-11-16(15)21(24)25)20-8-6-14(7-9-20)10-13-4-2-1-3-5-13/h1-5,14-16H,6-12H2,(H,19,23)/t15-,16+/m0/s1. The Bertz CT molecular complexity index is 641. The summed E-state index contributed by atoms with van der Waals surface area (Å²) in [6, 6.07) is 9.57. The molecule has 0 radical (unpaired) electrons. The van der Waals surface area contributed by atoms with Crippen molar-refractivity contribution in [3.63, 3.8) is 0 Å². The Morgan fingerprint density at radius 2 is 1.88 bits per heavy atom. The van der Waals surface area contributed by atoms with Crippen LogP contribution in [0.25, 0.3) is 0 Å². The van der Waals surface area contributed by atoms with E-state index in [0.717, 1.165) is 19.3 Å². The van der Waals surface area contributed by atoms with Crippen molar-refractivity contribution in [3.8, 4) is 0 Å². The maximum Gasteiger partial charge on any atom is 0.241 e. The minimum absolute atomic E-state index is 0.0663. The van der Waals surface area contributed by atoms with Crippen LogP contribution in [0.4, 0.5) is 0 Å². The quantitative estimate of drug-likeness (QED) is 0.620. The van der Waals surface area contributed by atoms with Gasteiger partial charge in [0, 0.05) is 24.4 Å². The smallest absolute Gasteiger partial charge is 0.241 e. The second kappa shape index (κ2) is 7.63. The maximum absolute atomic E-state index is 12.2. The van der Waals surface area contributed by atoms with Crippen LogP contribution in [-0.2, 0) is 16.0 Å². The third kappa shape index (κ3) is 4.55. The Morgan fingerprint density at radius 1 is 1.20 bits per heavy atom. The number of amides is 2. The highest BCUT2D eigenvalue weighted by atomic mass is 16.6. The number of nitrogens with one attached hydrogen (secondary N) is 1. The molecule has 0 aromatic heterocycles. The molecule has 134 valence electrons. The van der Waals surface area contributed by atoms with Crippen molar-refractivity contribution in [1.82, 2.24) is 10.2 Å². The molecule has 1 saturated heterocycles. The molecule has 25 heavy (non-hydrogen) atoms. The van der Waals surface area contributed by atoms with Gasteiger partial charge in [-0.2, -0.15) is 0 Å². The van der Waals surface area contributed by atoms with Gasteiger partial charge in [0.15, 0.2) is 0 Å². The van der Waals surface area contributed by atoms with Crippen LogP contribution in [0.1, 0.15) is 24.8 Å². The first-order valence-electron chi connectivity index (χ1n) is 8.77. The fourth-order valence-electron chi connectivity index (χ4n) is 3.44. The van der Waals surface area contributed by atoms with Crippen LogP contribution in [0, 0.1) is 22.0 Å². The number of carbonyl (C=O) groups excluding carboxylic acids is 2. The summed E-state index contributed by atoms with van der Waals surface area (Å²) in [5.74, 6) is -0.480. The lowest BCUT2D eigenvalue weighted by atomic mass is 9.90. The van der Waals surface area contributed by atoms with Gasteiger partial charge < -0.3 is 10.2 Å². The van der Waals surface area contributed by atoms with Crippen LogP contribution in [0.2, 0.25) is 0 Å². The number of likely N-dealkylation sites (tertiary alicyclic amines) is 1. The van der Waals surface area contributed by atoms with Crippen LogP contribution < -0.4 is 5.32 Å². The van der Waals surface area contributed by atoms with E-state index in [1.165, 1.54) is 5.56 Å². The fourth-order valence-corrected chi connectivity index (χ4v) is 3.44. The zero-order valence-electron chi connectivity index (χ0n) is 14.1. The zero-order chi connectivity index (χ0) is 17.8. The van der Waals surface area contributed by atoms with E-state index in [0.29, 0.717) is 19.0 Å². The summed E-state index contributed by atoms with van der Waals surface area (Å²) >= 11 is 0. The third-order valence-electron chi connectivity index (χ3n) is 5.11. The normalized spacial score (nSPS) is 23.1. The Labute approximate surface area is 146 Å². The summed E-state index contributed by atoms with van der Waals surface area (Å²) in [5, 5.41) is 13.1. The predicted octanol–water partition coefficient (Wildman–Crippen LogP) is 1.25.